The Morgan fingerprint density at radius 1 is 0.724 bits per heavy atom. The predicted molar refractivity (Wildman–Crippen MR) is 217 cm³/mol. The minimum atomic E-state index is -1.49. The summed E-state index contributed by atoms with van der Waals surface area (Å²) in [4.78, 5) is 110. The van der Waals surface area contributed by atoms with Gasteiger partial charge in [0.1, 0.15) is 36.3 Å². The lowest BCUT2D eigenvalue weighted by Crippen LogP contribution is -2.61. The highest BCUT2D eigenvalue weighted by Gasteiger charge is 2.39. The van der Waals surface area contributed by atoms with Crippen molar-refractivity contribution in [1.82, 2.24) is 42.1 Å². The van der Waals surface area contributed by atoms with Crippen molar-refractivity contribution in [2.24, 2.45) is 22.4 Å². The number of aliphatic hydroxyl groups excluding tert-OH is 1. The zero-order valence-electron chi connectivity index (χ0n) is 35.3. The molecule has 1 fully saturated rings. The maximum Gasteiger partial charge on any atom is 0.245 e. The standard InChI is InChI=1S/C38H69N11O9/c1-8-15-26(46-36(57)31(23(5)50)48-35(56)30(22(4)9-2)44-25(7)52)32(53)45-27(16-11-12-19-42-24(6)51)33(54)47-28(17-13-20-43-38(39)40)37(58)49-21-14-18-29(49)34(55)41-10-3/h22-23,26-31,50H,8-21H2,1-7H3,(H,41,55)(H,42,51)(H,44,52)(H,45,53)(H,46,57)(H,47,54)(H,48,56)(H4,39,40,43)/t22-,23+,26-,27-,28-,29-,30+,31-/m0/s1. The highest BCUT2D eigenvalue weighted by Crippen LogP contribution is 2.20. The molecule has 20 nitrogen and oxygen atoms in total. The Balaban J connectivity index is 3.38. The lowest BCUT2D eigenvalue weighted by Gasteiger charge is -2.30. The largest absolute Gasteiger partial charge is 0.391 e. The molecular formula is C38H69N11O9. The SMILES string of the molecule is CCC[C@H](NC(=O)[C@@H](NC(=O)[C@H](NC(C)=O)[C@@H](C)CC)[C@@H](C)O)C(=O)N[C@@H](CCCCNC(C)=O)C(=O)N[C@@H](CCCN=C(N)N)C(=O)N1CCC[C@H]1C(=O)NCC. The van der Waals surface area contributed by atoms with Crippen LogP contribution in [0.3, 0.4) is 0 Å². The van der Waals surface area contributed by atoms with Crippen LogP contribution in [0.25, 0.3) is 0 Å². The molecule has 1 saturated heterocycles. The number of carbonyl (C=O) groups excluding carboxylic acids is 8. The van der Waals surface area contributed by atoms with Gasteiger partial charge in [-0.15, -0.1) is 0 Å². The van der Waals surface area contributed by atoms with Gasteiger partial charge in [0, 0.05) is 40.0 Å². The van der Waals surface area contributed by atoms with Gasteiger partial charge in [0.15, 0.2) is 5.96 Å². The maximum atomic E-state index is 14.1. The summed E-state index contributed by atoms with van der Waals surface area (Å²) >= 11 is 0. The second-order valence-corrected chi connectivity index (χ2v) is 14.8. The lowest BCUT2D eigenvalue weighted by molar-refractivity contribution is -0.142. The van der Waals surface area contributed by atoms with Gasteiger partial charge in [0.2, 0.25) is 47.3 Å². The van der Waals surface area contributed by atoms with Crippen LogP contribution in [0.1, 0.15) is 113 Å². The smallest absolute Gasteiger partial charge is 0.245 e. The fourth-order valence-corrected chi connectivity index (χ4v) is 6.50. The molecule has 0 saturated carbocycles. The van der Waals surface area contributed by atoms with Gasteiger partial charge in [0.25, 0.3) is 0 Å². The molecule has 0 radical (unpaired) electrons. The number of unbranched alkanes of at least 4 members (excludes halogenated alkanes) is 1. The number of aliphatic hydroxyl groups is 1. The first-order chi connectivity index (χ1) is 27.4. The highest BCUT2D eigenvalue weighted by molar-refractivity contribution is 5.97. The number of hydrogen-bond acceptors (Lipinski definition) is 10. The normalized spacial score (nSPS) is 17.2. The van der Waals surface area contributed by atoms with Crippen LogP contribution < -0.4 is 48.7 Å². The summed E-state index contributed by atoms with van der Waals surface area (Å²) in [5.41, 5.74) is 11.0. The third kappa shape index (κ3) is 18.1. The third-order valence-corrected chi connectivity index (χ3v) is 9.80. The van der Waals surface area contributed by atoms with E-state index in [1.807, 2.05) is 6.92 Å². The average molecular weight is 824 g/mol. The number of aliphatic imine (C=N–C) groups is 1. The first-order valence-electron chi connectivity index (χ1n) is 20.4. The van der Waals surface area contributed by atoms with E-state index >= 15 is 0 Å². The number of likely N-dealkylation sites (N-methyl/N-ethyl adjacent to an activating group) is 1. The quantitative estimate of drug-likeness (QED) is 0.0262. The average Bonchev–Trinajstić information content (AvgIpc) is 3.65. The number of nitrogens with one attached hydrogen (secondary N) is 7. The Morgan fingerprint density at radius 2 is 1.31 bits per heavy atom. The Labute approximate surface area is 342 Å². The number of nitrogens with zero attached hydrogens (tertiary/aromatic N) is 2. The molecular weight excluding hydrogens is 754 g/mol. The summed E-state index contributed by atoms with van der Waals surface area (Å²) in [7, 11) is 0. The highest BCUT2D eigenvalue weighted by atomic mass is 16.3. The van der Waals surface area contributed by atoms with Crippen molar-refractivity contribution in [1.29, 1.82) is 0 Å². The number of guanidine groups is 1. The molecule has 1 heterocycles. The van der Waals surface area contributed by atoms with E-state index in [2.05, 4.69) is 42.2 Å². The number of nitrogens with two attached hydrogens (primary N) is 2. The van der Waals surface area contributed by atoms with E-state index in [9.17, 15) is 43.5 Å². The molecule has 330 valence electrons. The van der Waals surface area contributed by atoms with Crippen LogP contribution in [-0.4, -0.2) is 132 Å². The maximum absolute atomic E-state index is 14.1. The van der Waals surface area contributed by atoms with Crippen molar-refractivity contribution in [2.45, 2.75) is 155 Å². The number of rotatable bonds is 26. The number of likely N-dealkylation sites (tertiary alicyclic amines) is 1. The van der Waals surface area contributed by atoms with E-state index in [-0.39, 0.29) is 49.5 Å². The van der Waals surface area contributed by atoms with Gasteiger partial charge in [0.05, 0.1) is 6.10 Å². The van der Waals surface area contributed by atoms with Gasteiger partial charge in [-0.3, -0.25) is 43.3 Å². The zero-order valence-corrected chi connectivity index (χ0v) is 35.3. The zero-order chi connectivity index (χ0) is 43.9. The van der Waals surface area contributed by atoms with Gasteiger partial charge in [-0.05, 0) is 71.1 Å². The van der Waals surface area contributed by atoms with Gasteiger partial charge < -0.3 is 58.7 Å². The molecule has 0 bridgehead atoms. The molecule has 0 aromatic heterocycles. The van der Waals surface area contributed by atoms with Crippen LogP contribution in [0.4, 0.5) is 0 Å². The van der Waals surface area contributed by atoms with Crippen LogP contribution >= 0.6 is 0 Å². The van der Waals surface area contributed by atoms with E-state index in [4.69, 9.17) is 11.5 Å². The van der Waals surface area contributed by atoms with Crippen molar-refractivity contribution >= 4 is 53.2 Å². The van der Waals surface area contributed by atoms with Crippen LogP contribution in [0.2, 0.25) is 0 Å². The van der Waals surface area contributed by atoms with E-state index in [0.717, 1.165) is 0 Å². The molecule has 8 amide bonds. The third-order valence-electron chi connectivity index (χ3n) is 9.80. The molecule has 0 aromatic rings. The Hall–Kier alpha value is -5.01. The molecule has 1 aliphatic rings. The second kappa shape index (κ2) is 26.8. The monoisotopic (exact) mass is 824 g/mol. The number of hydrogen-bond donors (Lipinski definition) is 10. The molecule has 0 spiro atoms. The van der Waals surface area contributed by atoms with Crippen molar-refractivity contribution in [2.75, 3.05) is 26.2 Å². The molecule has 1 rings (SSSR count). The van der Waals surface area contributed by atoms with Gasteiger partial charge in [-0.2, -0.15) is 0 Å². The molecule has 0 aromatic carbocycles. The summed E-state index contributed by atoms with van der Waals surface area (Å²) in [5.74, 6) is -4.85. The fraction of sp³-hybridized carbons (Fsp3) is 0.763. The summed E-state index contributed by atoms with van der Waals surface area (Å²) in [6.45, 7) is 12.3. The number of amides is 8. The van der Waals surface area contributed by atoms with E-state index in [1.165, 1.54) is 25.7 Å². The van der Waals surface area contributed by atoms with E-state index in [1.54, 1.807) is 20.8 Å². The molecule has 1 aliphatic heterocycles. The van der Waals surface area contributed by atoms with E-state index in [0.29, 0.717) is 64.6 Å². The molecule has 0 unspecified atom stereocenters. The van der Waals surface area contributed by atoms with Crippen LogP contribution in [0.5, 0.6) is 0 Å². The van der Waals surface area contributed by atoms with Crippen LogP contribution in [0.15, 0.2) is 4.99 Å². The van der Waals surface area contributed by atoms with Crippen molar-refractivity contribution in [3.63, 3.8) is 0 Å². The molecule has 0 aliphatic carbocycles. The van der Waals surface area contributed by atoms with Crippen molar-refractivity contribution in [3.05, 3.63) is 0 Å². The van der Waals surface area contributed by atoms with Crippen LogP contribution in [0, 0.1) is 5.92 Å². The fourth-order valence-electron chi connectivity index (χ4n) is 6.50. The molecule has 8 atom stereocenters. The van der Waals surface area contributed by atoms with Crippen molar-refractivity contribution < 1.29 is 43.5 Å². The van der Waals surface area contributed by atoms with Gasteiger partial charge >= 0.3 is 0 Å². The number of carbonyl (C=O) groups is 8. The molecule has 20 heteroatoms. The van der Waals surface area contributed by atoms with E-state index < -0.39 is 77.8 Å². The molecule has 12 N–H and O–H groups in total. The second-order valence-electron chi connectivity index (χ2n) is 14.8. The van der Waals surface area contributed by atoms with Gasteiger partial charge in [-0.1, -0.05) is 33.6 Å². The Bertz CT molecular complexity index is 1420. The van der Waals surface area contributed by atoms with Gasteiger partial charge in [-0.25, -0.2) is 0 Å². The summed E-state index contributed by atoms with van der Waals surface area (Å²) < 4.78 is 0. The van der Waals surface area contributed by atoms with Crippen molar-refractivity contribution in [3.8, 4) is 0 Å². The lowest BCUT2D eigenvalue weighted by atomic mass is 9.97. The predicted octanol–water partition coefficient (Wildman–Crippen LogP) is -1.86. The summed E-state index contributed by atoms with van der Waals surface area (Å²) in [6, 6.07) is -6.70. The first kappa shape index (κ1) is 51.0. The minimum Gasteiger partial charge on any atom is -0.391 e. The Kier molecular flexibility index (Phi) is 23.6. The topological polar surface area (TPSA) is 309 Å². The minimum absolute atomic E-state index is 0.0939. The van der Waals surface area contributed by atoms with Crippen LogP contribution in [-0.2, 0) is 38.4 Å². The first-order valence-corrected chi connectivity index (χ1v) is 20.4. The summed E-state index contributed by atoms with van der Waals surface area (Å²) in [6.07, 6.45) is 2.08. The Morgan fingerprint density at radius 3 is 1.86 bits per heavy atom. The summed E-state index contributed by atoms with van der Waals surface area (Å²) in [5, 5.41) is 29.2. The molecule has 58 heavy (non-hydrogen) atoms.